The molecule has 0 saturated carbocycles. The van der Waals surface area contributed by atoms with Crippen LogP contribution in [0.15, 0.2) is 108 Å². The molecule has 0 amide bonds. The molecular formula is C32H17N3OS. The van der Waals surface area contributed by atoms with Gasteiger partial charge < -0.3 is 8.98 Å². The molecule has 5 aromatic carbocycles. The molecule has 0 spiro atoms. The molecule has 0 bridgehead atoms. The fourth-order valence-electron chi connectivity index (χ4n) is 5.90. The molecule has 0 saturated heterocycles. The van der Waals surface area contributed by atoms with Crippen LogP contribution in [0.3, 0.4) is 0 Å². The summed E-state index contributed by atoms with van der Waals surface area (Å²) < 4.78 is 11.4. The number of para-hydroxylation sites is 3. The molecule has 9 rings (SSSR count). The summed E-state index contributed by atoms with van der Waals surface area (Å²) in [6, 6.07) is 32.3. The monoisotopic (exact) mass is 491 g/mol. The third kappa shape index (κ3) is 2.51. The van der Waals surface area contributed by atoms with E-state index >= 15 is 0 Å². The van der Waals surface area contributed by atoms with Crippen LogP contribution in [0.2, 0.25) is 0 Å². The quantitative estimate of drug-likeness (QED) is 0.230. The lowest BCUT2D eigenvalue weighted by molar-refractivity contribution is 0.666. The third-order valence-corrected chi connectivity index (χ3v) is 8.66. The lowest BCUT2D eigenvalue weighted by Crippen LogP contribution is -1.94. The molecule has 0 aliphatic heterocycles. The van der Waals surface area contributed by atoms with E-state index in [-0.39, 0.29) is 0 Å². The molecule has 0 N–H and O–H groups in total. The van der Waals surface area contributed by atoms with Crippen LogP contribution in [0.5, 0.6) is 0 Å². The molecule has 9 aromatic rings. The molecule has 0 fully saturated rings. The first-order valence-electron chi connectivity index (χ1n) is 12.2. The zero-order valence-corrected chi connectivity index (χ0v) is 20.3. The normalized spacial score (nSPS) is 12.3. The van der Waals surface area contributed by atoms with Crippen LogP contribution >= 0.6 is 11.3 Å². The van der Waals surface area contributed by atoms with Crippen LogP contribution in [0.1, 0.15) is 0 Å². The maximum atomic E-state index is 6.49. The summed E-state index contributed by atoms with van der Waals surface area (Å²) in [4.78, 5) is 9.10. The van der Waals surface area contributed by atoms with Crippen LogP contribution in [-0.2, 0) is 0 Å². The van der Waals surface area contributed by atoms with E-state index < -0.39 is 0 Å². The zero-order valence-electron chi connectivity index (χ0n) is 19.5. The van der Waals surface area contributed by atoms with E-state index in [1.54, 1.807) is 12.4 Å². The number of hydrogen-bond acceptors (Lipinski definition) is 4. The Hall–Kier alpha value is -4.74. The largest absolute Gasteiger partial charge is 0.454 e. The lowest BCUT2D eigenvalue weighted by Gasteiger charge is -2.09. The van der Waals surface area contributed by atoms with E-state index in [2.05, 4.69) is 93.4 Å². The van der Waals surface area contributed by atoms with Crippen molar-refractivity contribution in [3.05, 3.63) is 103 Å². The van der Waals surface area contributed by atoms with E-state index in [0.717, 1.165) is 38.7 Å². The predicted octanol–water partition coefficient (Wildman–Crippen LogP) is 8.99. The minimum atomic E-state index is 0.906. The molecule has 0 unspecified atom stereocenters. The number of furan rings is 1. The summed E-state index contributed by atoms with van der Waals surface area (Å²) in [5, 5.41) is 7.20. The third-order valence-electron chi connectivity index (χ3n) is 7.49. The average molecular weight is 492 g/mol. The fraction of sp³-hybridized carbons (Fsp3) is 0. The minimum absolute atomic E-state index is 0.906. The standard InChI is InChI=1S/C32H17N3OS/c1-3-9-26-18(6-1)20-12-13-22-23-16-24-25(34-15-14-33-24)17-29(23)37-32(22)30(20)35(26)27-10-5-8-21-19-7-2-4-11-28(19)36-31(21)27/h1-17H. The van der Waals surface area contributed by atoms with E-state index in [1.807, 2.05) is 23.5 Å². The molecule has 0 atom stereocenters. The summed E-state index contributed by atoms with van der Waals surface area (Å²) in [5.74, 6) is 0. The summed E-state index contributed by atoms with van der Waals surface area (Å²) >= 11 is 1.82. The number of thiophene rings is 1. The fourth-order valence-corrected chi connectivity index (χ4v) is 7.15. The van der Waals surface area contributed by atoms with Gasteiger partial charge in [0.15, 0.2) is 5.58 Å². The summed E-state index contributed by atoms with van der Waals surface area (Å²) in [6.45, 7) is 0. The highest BCUT2D eigenvalue weighted by molar-refractivity contribution is 7.26. The number of hydrogen-bond donors (Lipinski definition) is 0. The highest BCUT2D eigenvalue weighted by Crippen LogP contribution is 2.45. The number of fused-ring (bicyclic) bond motifs is 11. The predicted molar refractivity (Wildman–Crippen MR) is 154 cm³/mol. The maximum Gasteiger partial charge on any atom is 0.159 e. The van der Waals surface area contributed by atoms with Crippen molar-refractivity contribution in [1.82, 2.24) is 14.5 Å². The molecule has 5 heteroatoms. The van der Waals surface area contributed by atoms with Crippen molar-refractivity contribution in [2.75, 3.05) is 0 Å². The smallest absolute Gasteiger partial charge is 0.159 e. The first kappa shape index (κ1) is 19.4. The Morgan fingerprint density at radius 1 is 0.622 bits per heavy atom. The molecule has 37 heavy (non-hydrogen) atoms. The maximum absolute atomic E-state index is 6.49. The first-order valence-corrected chi connectivity index (χ1v) is 13.1. The van der Waals surface area contributed by atoms with Crippen molar-refractivity contribution in [3.8, 4) is 5.69 Å². The van der Waals surface area contributed by atoms with Gasteiger partial charge in [-0.05, 0) is 30.3 Å². The molecule has 0 aliphatic rings. The average Bonchev–Trinajstić information content (AvgIpc) is 3.61. The molecule has 0 aliphatic carbocycles. The first-order chi connectivity index (χ1) is 18.3. The topological polar surface area (TPSA) is 43.9 Å². The summed E-state index contributed by atoms with van der Waals surface area (Å²) in [5.41, 5.74) is 7.08. The van der Waals surface area contributed by atoms with Gasteiger partial charge in [-0.1, -0.05) is 60.7 Å². The van der Waals surface area contributed by atoms with E-state index in [0.29, 0.717) is 0 Å². The highest BCUT2D eigenvalue weighted by Gasteiger charge is 2.20. The zero-order chi connectivity index (χ0) is 24.1. The minimum Gasteiger partial charge on any atom is -0.454 e. The summed E-state index contributed by atoms with van der Waals surface area (Å²) in [6.07, 6.45) is 3.51. The van der Waals surface area contributed by atoms with Gasteiger partial charge >= 0.3 is 0 Å². The molecule has 172 valence electrons. The number of nitrogens with zero attached hydrogens (tertiary/aromatic N) is 3. The number of aromatic nitrogens is 3. The van der Waals surface area contributed by atoms with Crippen molar-refractivity contribution in [1.29, 1.82) is 0 Å². The second kappa shape index (κ2) is 6.93. The molecule has 4 heterocycles. The second-order valence-corrected chi connectivity index (χ2v) is 10.5. The van der Waals surface area contributed by atoms with Crippen molar-refractivity contribution in [2.45, 2.75) is 0 Å². The Balaban J connectivity index is 1.50. The van der Waals surface area contributed by atoms with Gasteiger partial charge in [0.2, 0.25) is 0 Å². The van der Waals surface area contributed by atoms with E-state index in [9.17, 15) is 0 Å². The molecular weight excluding hydrogens is 474 g/mol. The van der Waals surface area contributed by atoms with E-state index in [4.69, 9.17) is 4.42 Å². The van der Waals surface area contributed by atoms with Gasteiger partial charge in [-0.3, -0.25) is 9.97 Å². The summed E-state index contributed by atoms with van der Waals surface area (Å²) in [7, 11) is 0. The van der Waals surface area contributed by atoms with Crippen LogP contribution in [0, 0.1) is 0 Å². The van der Waals surface area contributed by atoms with Gasteiger partial charge in [0.05, 0.1) is 32.5 Å². The van der Waals surface area contributed by atoms with Crippen LogP contribution in [0.25, 0.3) is 80.6 Å². The highest BCUT2D eigenvalue weighted by atomic mass is 32.1. The van der Waals surface area contributed by atoms with Gasteiger partial charge in [-0.2, -0.15) is 0 Å². The van der Waals surface area contributed by atoms with Crippen LogP contribution < -0.4 is 0 Å². The van der Waals surface area contributed by atoms with E-state index in [1.165, 1.54) is 42.0 Å². The molecule has 4 nitrogen and oxygen atoms in total. The van der Waals surface area contributed by atoms with Gasteiger partial charge in [0.1, 0.15) is 5.58 Å². The Morgan fingerprint density at radius 2 is 1.38 bits per heavy atom. The van der Waals surface area contributed by atoms with Crippen LogP contribution in [-0.4, -0.2) is 14.5 Å². The number of benzene rings is 5. The van der Waals surface area contributed by atoms with Crippen molar-refractivity contribution < 1.29 is 4.42 Å². The van der Waals surface area contributed by atoms with Gasteiger partial charge in [0.25, 0.3) is 0 Å². The Labute approximate surface area is 214 Å². The molecule has 0 radical (unpaired) electrons. The van der Waals surface area contributed by atoms with Crippen LogP contribution in [0.4, 0.5) is 0 Å². The SMILES string of the molecule is c1ccc2c(c1)oc1c(-n3c4ccccc4c4ccc5c6cc7nccnc7cc6sc5c43)cccc12. The number of rotatable bonds is 1. The molecule has 4 aromatic heterocycles. The van der Waals surface area contributed by atoms with Crippen molar-refractivity contribution in [2.24, 2.45) is 0 Å². The van der Waals surface area contributed by atoms with Crippen molar-refractivity contribution >= 4 is 86.3 Å². The lowest BCUT2D eigenvalue weighted by atomic mass is 10.1. The van der Waals surface area contributed by atoms with Crippen molar-refractivity contribution in [3.63, 3.8) is 0 Å². The van der Waals surface area contributed by atoms with Gasteiger partial charge in [-0.25, -0.2) is 0 Å². The van der Waals surface area contributed by atoms with Gasteiger partial charge in [-0.15, -0.1) is 11.3 Å². The second-order valence-electron chi connectivity index (χ2n) is 9.44. The Morgan fingerprint density at radius 3 is 2.30 bits per heavy atom. The van der Waals surface area contributed by atoms with Gasteiger partial charge in [0, 0.05) is 49.4 Å². The Bertz CT molecular complexity index is 2370. The Kier molecular flexibility index (Phi) is 3.64.